The lowest BCUT2D eigenvalue weighted by Crippen LogP contribution is -2.27. The van der Waals surface area contributed by atoms with Crippen LogP contribution in [0.2, 0.25) is 0 Å². The predicted molar refractivity (Wildman–Crippen MR) is 166 cm³/mol. The SMILES string of the molecule is CC(=O)c1ccc(-c2nccc3[nH]c(C4=NCCCNc5cnc(-c6cncc(NC(=O)C(C)(C)C)c6)c(F)c54)nc23)s1. The Hall–Kier alpha value is -4.84. The maximum Gasteiger partial charge on any atom is 0.229 e. The molecule has 1 aliphatic rings. The smallest absolute Gasteiger partial charge is 0.229 e. The molecule has 10 nitrogen and oxygen atoms in total. The average Bonchev–Trinajstić information content (AvgIpc) is 3.61. The van der Waals surface area contributed by atoms with Gasteiger partial charge in [0.2, 0.25) is 5.91 Å². The highest BCUT2D eigenvalue weighted by atomic mass is 32.1. The minimum absolute atomic E-state index is 0.0173. The number of carbonyl (C=O) groups excluding carboxylic acids is 2. The second-order valence-electron chi connectivity index (χ2n) is 11.2. The van der Waals surface area contributed by atoms with Gasteiger partial charge < -0.3 is 15.6 Å². The van der Waals surface area contributed by atoms with Gasteiger partial charge in [-0.3, -0.25) is 29.5 Å². The molecule has 0 bridgehead atoms. The number of thiophene rings is 1. The normalized spacial score (nSPS) is 13.5. The van der Waals surface area contributed by atoms with E-state index in [1.165, 1.54) is 30.7 Å². The Labute approximate surface area is 251 Å². The summed E-state index contributed by atoms with van der Waals surface area (Å²) in [5.74, 6) is -0.403. The van der Waals surface area contributed by atoms with Gasteiger partial charge in [-0.15, -0.1) is 11.3 Å². The third-order valence-corrected chi connectivity index (χ3v) is 8.13. The number of ketones is 1. The summed E-state index contributed by atoms with van der Waals surface area (Å²) in [4.78, 5) is 52.0. The standard InChI is InChI=1S/C31H29FN8O2S/c1-16(41)21-6-7-22(43-21)27-26-19(8-11-36-27)39-29(40-26)28-23-20(34-9-5-10-35-28)15-37-25(24(23)32)17-12-18(14-33-13-17)38-30(42)31(2,3)4/h6-8,11-15,34H,5,9-10H2,1-4H3,(H,38,42)(H,39,40). The number of carbonyl (C=O) groups is 2. The van der Waals surface area contributed by atoms with Gasteiger partial charge in [0.15, 0.2) is 17.4 Å². The molecular formula is C31H29FN8O2S. The second-order valence-corrected chi connectivity index (χ2v) is 12.3. The minimum Gasteiger partial charge on any atom is -0.383 e. The summed E-state index contributed by atoms with van der Waals surface area (Å²) in [6, 6.07) is 7.08. The molecule has 0 saturated heterocycles. The molecule has 1 aliphatic heterocycles. The molecule has 218 valence electrons. The average molecular weight is 597 g/mol. The van der Waals surface area contributed by atoms with Gasteiger partial charge in [-0.2, -0.15) is 0 Å². The van der Waals surface area contributed by atoms with Crippen molar-refractivity contribution in [3.8, 4) is 21.8 Å². The number of nitrogens with one attached hydrogen (secondary N) is 3. The Balaban J connectivity index is 1.45. The zero-order chi connectivity index (χ0) is 30.3. The van der Waals surface area contributed by atoms with Crippen molar-refractivity contribution in [2.45, 2.75) is 34.1 Å². The zero-order valence-electron chi connectivity index (χ0n) is 24.1. The summed E-state index contributed by atoms with van der Waals surface area (Å²) in [7, 11) is 0. The monoisotopic (exact) mass is 596 g/mol. The second kappa shape index (κ2) is 11.1. The van der Waals surface area contributed by atoms with Crippen LogP contribution in [0.5, 0.6) is 0 Å². The summed E-state index contributed by atoms with van der Waals surface area (Å²) < 4.78 is 16.6. The van der Waals surface area contributed by atoms with E-state index < -0.39 is 11.2 Å². The number of hydrogen-bond acceptors (Lipinski definition) is 9. The first-order valence-electron chi connectivity index (χ1n) is 13.8. The van der Waals surface area contributed by atoms with Crippen molar-refractivity contribution in [1.82, 2.24) is 24.9 Å². The van der Waals surface area contributed by atoms with Gasteiger partial charge in [0.1, 0.15) is 22.6 Å². The first kappa shape index (κ1) is 28.3. The van der Waals surface area contributed by atoms with Crippen molar-refractivity contribution in [3.05, 3.63) is 71.1 Å². The highest BCUT2D eigenvalue weighted by Gasteiger charge is 2.27. The molecule has 1 amide bonds. The molecule has 0 atom stereocenters. The Morgan fingerprint density at radius 3 is 2.67 bits per heavy atom. The van der Waals surface area contributed by atoms with Gasteiger partial charge in [-0.05, 0) is 37.6 Å². The molecular weight excluding hydrogens is 567 g/mol. The summed E-state index contributed by atoms with van der Waals surface area (Å²) in [5.41, 5.74) is 3.31. The highest BCUT2D eigenvalue weighted by Crippen LogP contribution is 2.34. The Bertz CT molecular complexity index is 1920. The number of aromatic amines is 1. The van der Waals surface area contributed by atoms with Crippen molar-refractivity contribution in [2.75, 3.05) is 23.7 Å². The van der Waals surface area contributed by atoms with E-state index in [4.69, 9.17) is 9.98 Å². The van der Waals surface area contributed by atoms with E-state index in [2.05, 4.69) is 30.6 Å². The summed E-state index contributed by atoms with van der Waals surface area (Å²) >= 11 is 1.35. The van der Waals surface area contributed by atoms with Gasteiger partial charge in [0.05, 0.1) is 44.6 Å². The summed E-state index contributed by atoms with van der Waals surface area (Å²) in [6.07, 6.45) is 7.01. The number of anilines is 2. The van der Waals surface area contributed by atoms with Gasteiger partial charge in [-0.25, -0.2) is 9.37 Å². The fourth-order valence-electron chi connectivity index (χ4n) is 4.66. The number of hydrogen-bond donors (Lipinski definition) is 3. The quantitative estimate of drug-likeness (QED) is 0.208. The van der Waals surface area contributed by atoms with Crippen LogP contribution in [0.25, 0.3) is 32.9 Å². The van der Waals surface area contributed by atoms with Crippen LogP contribution in [-0.2, 0) is 4.79 Å². The van der Waals surface area contributed by atoms with E-state index in [0.29, 0.717) is 63.2 Å². The number of amides is 1. The van der Waals surface area contributed by atoms with Crippen LogP contribution in [0.3, 0.4) is 0 Å². The maximum atomic E-state index is 16.6. The molecule has 6 rings (SSSR count). The number of halogens is 1. The van der Waals surface area contributed by atoms with Crippen molar-refractivity contribution in [2.24, 2.45) is 10.4 Å². The lowest BCUT2D eigenvalue weighted by Gasteiger charge is -2.19. The van der Waals surface area contributed by atoms with E-state index in [1.807, 2.05) is 26.8 Å². The third kappa shape index (κ3) is 5.53. The molecule has 3 N–H and O–H groups in total. The first-order chi connectivity index (χ1) is 20.6. The van der Waals surface area contributed by atoms with Gasteiger partial charge in [-0.1, -0.05) is 20.8 Å². The van der Waals surface area contributed by atoms with Crippen LogP contribution in [-0.4, -0.2) is 55.4 Å². The van der Waals surface area contributed by atoms with Crippen molar-refractivity contribution < 1.29 is 14.0 Å². The van der Waals surface area contributed by atoms with Crippen LogP contribution < -0.4 is 10.6 Å². The molecule has 0 saturated carbocycles. The van der Waals surface area contributed by atoms with Crippen LogP contribution in [0.4, 0.5) is 15.8 Å². The van der Waals surface area contributed by atoms with Gasteiger partial charge in [0, 0.05) is 36.5 Å². The molecule has 12 heteroatoms. The lowest BCUT2D eigenvalue weighted by atomic mass is 9.95. The molecule has 5 aromatic rings. The number of nitrogens with zero attached hydrogens (tertiary/aromatic N) is 5. The van der Waals surface area contributed by atoms with E-state index in [1.54, 1.807) is 30.6 Å². The molecule has 0 spiro atoms. The lowest BCUT2D eigenvalue weighted by molar-refractivity contribution is -0.123. The molecule has 0 aromatic carbocycles. The number of aromatic nitrogens is 5. The number of fused-ring (bicyclic) bond motifs is 2. The minimum atomic E-state index is -0.611. The number of imidazole rings is 1. The van der Waals surface area contributed by atoms with E-state index in [0.717, 1.165) is 11.3 Å². The Morgan fingerprint density at radius 2 is 1.91 bits per heavy atom. The van der Waals surface area contributed by atoms with Crippen LogP contribution in [0, 0.1) is 11.2 Å². The third-order valence-electron chi connectivity index (χ3n) is 6.94. The van der Waals surface area contributed by atoms with E-state index in [-0.39, 0.29) is 22.9 Å². The molecule has 43 heavy (non-hydrogen) atoms. The molecule has 0 unspecified atom stereocenters. The number of Topliss-reactive ketones (excluding diaryl/α,β-unsaturated/α-hetero) is 1. The molecule has 6 heterocycles. The summed E-state index contributed by atoms with van der Waals surface area (Å²) in [5, 5.41) is 6.12. The molecule has 0 fully saturated rings. The van der Waals surface area contributed by atoms with Crippen LogP contribution >= 0.6 is 11.3 Å². The predicted octanol–water partition coefficient (Wildman–Crippen LogP) is 6.12. The van der Waals surface area contributed by atoms with E-state index >= 15 is 4.39 Å². The number of H-pyrrole nitrogens is 1. The fraction of sp³-hybridized carbons (Fsp3) is 0.258. The fourth-order valence-corrected chi connectivity index (χ4v) is 5.56. The largest absolute Gasteiger partial charge is 0.383 e. The Kier molecular flexibility index (Phi) is 7.30. The topological polar surface area (TPSA) is 138 Å². The van der Waals surface area contributed by atoms with Gasteiger partial charge >= 0.3 is 0 Å². The van der Waals surface area contributed by atoms with Crippen molar-refractivity contribution in [1.29, 1.82) is 0 Å². The zero-order valence-corrected chi connectivity index (χ0v) is 24.9. The van der Waals surface area contributed by atoms with Crippen molar-refractivity contribution >= 4 is 51.1 Å². The molecule has 5 aromatic heterocycles. The van der Waals surface area contributed by atoms with Crippen LogP contribution in [0.1, 0.15) is 55.2 Å². The number of rotatable bonds is 5. The molecule has 0 aliphatic carbocycles. The Morgan fingerprint density at radius 1 is 1.07 bits per heavy atom. The molecule has 0 radical (unpaired) electrons. The van der Waals surface area contributed by atoms with E-state index in [9.17, 15) is 9.59 Å². The number of aliphatic imine (C=N–C) groups is 1. The van der Waals surface area contributed by atoms with Crippen LogP contribution in [0.15, 0.2) is 54.0 Å². The van der Waals surface area contributed by atoms with Crippen molar-refractivity contribution in [3.63, 3.8) is 0 Å². The first-order valence-corrected chi connectivity index (χ1v) is 14.6. The summed E-state index contributed by atoms with van der Waals surface area (Å²) in [6.45, 7) is 8.02. The highest BCUT2D eigenvalue weighted by molar-refractivity contribution is 7.17. The number of pyridine rings is 3. The maximum absolute atomic E-state index is 16.6. The van der Waals surface area contributed by atoms with Gasteiger partial charge in [0.25, 0.3) is 0 Å².